The molecule has 2 aromatic heterocycles. The van der Waals surface area contributed by atoms with E-state index in [9.17, 15) is 0 Å². The highest BCUT2D eigenvalue weighted by molar-refractivity contribution is 5.56. The number of nitrogens with zero attached hydrogens (tertiary/aromatic N) is 4. The van der Waals surface area contributed by atoms with Crippen molar-refractivity contribution < 1.29 is 9.15 Å². The lowest BCUT2D eigenvalue weighted by molar-refractivity contribution is 0.0288. The fourth-order valence-electron chi connectivity index (χ4n) is 4.40. The zero-order valence-electron chi connectivity index (χ0n) is 16.3. The van der Waals surface area contributed by atoms with Gasteiger partial charge in [-0.1, -0.05) is 30.3 Å². The second-order valence-electron chi connectivity index (χ2n) is 7.76. The van der Waals surface area contributed by atoms with Gasteiger partial charge in [-0.2, -0.15) is 5.10 Å². The van der Waals surface area contributed by atoms with E-state index in [4.69, 9.17) is 14.3 Å². The van der Waals surface area contributed by atoms with Gasteiger partial charge in [-0.3, -0.25) is 9.58 Å². The zero-order chi connectivity index (χ0) is 18.9. The molecule has 5 rings (SSSR count). The molecule has 3 aromatic rings. The van der Waals surface area contributed by atoms with E-state index in [-0.39, 0.29) is 0 Å². The van der Waals surface area contributed by atoms with Crippen LogP contribution in [0.4, 0.5) is 0 Å². The van der Waals surface area contributed by atoms with Crippen molar-refractivity contribution in [3.63, 3.8) is 0 Å². The van der Waals surface area contributed by atoms with E-state index >= 15 is 0 Å². The molecule has 0 spiro atoms. The van der Waals surface area contributed by atoms with Gasteiger partial charge < -0.3 is 9.15 Å². The maximum atomic E-state index is 5.85. The Morgan fingerprint density at radius 3 is 2.71 bits per heavy atom. The van der Waals surface area contributed by atoms with Crippen LogP contribution in [0.3, 0.4) is 0 Å². The van der Waals surface area contributed by atoms with E-state index in [1.165, 1.54) is 16.8 Å². The SMILES string of the molecule is Cc1cnc(-c2nn(Cc3ccccc3)c3c2CN(C2CCOCC2)CC3)o1. The average Bonchev–Trinajstić information content (AvgIpc) is 3.33. The van der Waals surface area contributed by atoms with Gasteiger partial charge in [-0.05, 0) is 25.3 Å². The van der Waals surface area contributed by atoms with Crippen molar-refractivity contribution in [2.24, 2.45) is 0 Å². The second-order valence-corrected chi connectivity index (χ2v) is 7.76. The lowest BCUT2D eigenvalue weighted by atomic mass is 9.99. The van der Waals surface area contributed by atoms with Crippen molar-refractivity contribution in [1.29, 1.82) is 0 Å². The lowest BCUT2D eigenvalue weighted by Crippen LogP contribution is -2.42. The molecule has 28 heavy (non-hydrogen) atoms. The maximum Gasteiger partial charge on any atom is 0.247 e. The molecule has 0 unspecified atom stereocenters. The number of ether oxygens (including phenoxy) is 1. The third-order valence-corrected chi connectivity index (χ3v) is 5.87. The van der Waals surface area contributed by atoms with Crippen LogP contribution in [0.15, 0.2) is 40.9 Å². The van der Waals surface area contributed by atoms with E-state index in [0.717, 1.165) is 63.6 Å². The van der Waals surface area contributed by atoms with E-state index in [0.29, 0.717) is 11.9 Å². The summed E-state index contributed by atoms with van der Waals surface area (Å²) in [6, 6.07) is 11.1. The lowest BCUT2D eigenvalue weighted by Gasteiger charge is -2.36. The van der Waals surface area contributed by atoms with Crippen molar-refractivity contribution in [3.8, 4) is 11.6 Å². The van der Waals surface area contributed by atoms with Crippen molar-refractivity contribution in [2.45, 2.75) is 45.3 Å². The normalized spacial score (nSPS) is 18.3. The van der Waals surface area contributed by atoms with Crippen LogP contribution in [0.5, 0.6) is 0 Å². The van der Waals surface area contributed by atoms with Crippen molar-refractivity contribution in [2.75, 3.05) is 19.8 Å². The van der Waals surface area contributed by atoms with E-state index in [1.807, 2.05) is 6.92 Å². The number of fused-ring (bicyclic) bond motifs is 1. The third-order valence-electron chi connectivity index (χ3n) is 5.87. The summed E-state index contributed by atoms with van der Waals surface area (Å²) in [7, 11) is 0. The molecule has 6 heteroatoms. The van der Waals surface area contributed by atoms with Crippen LogP contribution in [0, 0.1) is 6.92 Å². The molecule has 0 bridgehead atoms. The third kappa shape index (κ3) is 3.38. The van der Waals surface area contributed by atoms with Gasteiger partial charge in [0.2, 0.25) is 5.89 Å². The van der Waals surface area contributed by atoms with Crippen LogP contribution in [0.2, 0.25) is 0 Å². The van der Waals surface area contributed by atoms with Gasteiger partial charge in [0.25, 0.3) is 0 Å². The summed E-state index contributed by atoms with van der Waals surface area (Å²) in [6.45, 7) is 6.42. The van der Waals surface area contributed by atoms with Gasteiger partial charge in [0.1, 0.15) is 5.76 Å². The van der Waals surface area contributed by atoms with Gasteiger partial charge in [0, 0.05) is 50.0 Å². The number of oxazole rings is 1. The summed E-state index contributed by atoms with van der Waals surface area (Å²) < 4.78 is 13.6. The van der Waals surface area contributed by atoms with Gasteiger partial charge in [-0.25, -0.2) is 4.98 Å². The van der Waals surface area contributed by atoms with Crippen LogP contribution < -0.4 is 0 Å². The zero-order valence-corrected chi connectivity index (χ0v) is 16.3. The number of hydrogen-bond acceptors (Lipinski definition) is 5. The number of rotatable bonds is 4. The predicted octanol–water partition coefficient (Wildman–Crippen LogP) is 3.43. The Bertz CT molecular complexity index is 941. The summed E-state index contributed by atoms with van der Waals surface area (Å²) in [6.07, 6.45) is 5.01. The topological polar surface area (TPSA) is 56.3 Å². The van der Waals surface area contributed by atoms with Crippen LogP contribution >= 0.6 is 0 Å². The Morgan fingerprint density at radius 2 is 1.96 bits per heavy atom. The first-order valence-electron chi connectivity index (χ1n) is 10.1. The smallest absolute Gasteiger partial charge is 0.247 e. The first-order valence-corrected chi connectivity index (χ1v) is 10.1. The molecule has 0 radical (unpaired) electrons. The summed E-state index contributed by atoms with van der Waals surface area (Å²) in [5.41, 5.74) is 4.75. The summed E-state index contributed by atoms with van der Waals surface area (Å²) in [5, 5.41) is 4.96. The Morgan fingerprint density at radius 1 is 1.14 bits per heavy atom. The second kappa shape index (κ2) is 7.53. The fourth-order valence-corrected chi connectivity index (χ4v) is 4.40. The van der Waals surface area contributed by atoms with Crippen LogP contribution in [0.25, 0.3) is 11.6 Å². The van der Waals surface area contributed by atoms with E-state index in [2.05, 4.69) is 44.9 Å². The minimum absolute atomic E-state index is 0.596. The number of aromatic nitrogens is 3. The molecule has 146 valence electrons. The molecular formula is C22H26N4O2. The molecule has 0 N–H and O–H groups in total. The van der Waals surface area contributed by atoms with Crippen molar-refractivity contribution in [3.05, 3.63) is 59.1 Å². The van der Waals surface area contributed by atoms with Gasteiger partial charge in [-0.15, -0.1) is 0 Å². The molecule has 6 nitrogen and oxygen atoms in total. The van der Waals surface area contributed by atoms with E-state index in [1.54, 1.807) is 6.20 Å². The van der Waals surface area contributed by atoms with Gasteiger partial charge in [0.15, 0.2) is 5.69 Å². The maximum absolute atomic E-state index is 5.85. The number of hydrogen-bond donors (Lipinski definition) is 0. The summed E-state index contributed by atoms with van der Waals surface area (Å²) in [5.74, 6) is 1.45. The van der Waals surface area contributed by atoms with Crippen LogP contribution in [-0.2, 0) is 24.2 Å². The molecule has 1 saturated heterocycles. The Balaban J connectivity index is 1.50. The molecular weight excluding hydrogens is 352 g/mol. The molecule has 0 atom stereocenters. The fraction of sp³-hybridized carbons (Fsp3) is 0.455. The van der Waals surface area contributed by atoms with Gasteiger partial charge >= 0.3 is 0 Å². The highest BCUT2D eigenvalue weighted by Gasteiger charge is 2.31. The summed E-state index contributed by atoms with van der Waals surface area (Å²) in [4.78, 5) is 7.07. The highest BCUT2D eigenvalue weighted by atomic mass is 16.5. The predicted molar refractivity (Wildman–Crippen MR) is 106 cm³/mol. The standard InChI is InChI=1S/C22H26N4O2/c1-16-13-23-22(28-16)21-19-15-25(18-8-11-27-12-9-18)10-7-20(19)26(24-21)14-17-5-3-2-4-6-17/h2-6,13,18H,7-12,14-15H2,1H3. The first kappa shape index (κ1) is 17.6. The largest absolute Gasteiger partial charge is 0.440 e. The summed E-state index contributed by atoms with van der Waals surface area (Å²) >= 11 is 0. The quantitative estimate of drug-likeness (QED) is 0.696. The molecule has 0 aliphatic carbocycles. The molecule has 0 amide bonds. The minimum atomic E-state index is 0.596. The molecule has 4 heterocycles. The molecule has 1 fully saturated rings. The Hall–Kier alpha value is -2.44. The van der Waals surface area contributed by atoms with Crippen molar-refractivity contribution >= 4 is 0 Å². The first-order chi connectivity index (χ1) is 13.8. The monoisotopic (exact) mass is 378 g/mol. The Labute approximate surface area is 165 Å². The van der Waals surface area contributed by atoms with E-state index < -0.39 is 0 Å². The average molecular weight is 378 g/mol. The van der Waals surface area contributed by atoms with Gasteiger partial charge in [0.05, 0.1) is 12.7 Å². The molecule has 2 aliphatic rings. The van der Waals surface area contributed by atoms with Crippen molar-refractivity contribution in [1.82, 2.24) is 19.7 Å². The van der Waals surface area contributed by atoms with Crippen LogP contribution in [-0.4, -0.2) is 45.5 Å². The minimum Gasteiger partial charge on any atom is -0.440 e. The molecule has 1 aromatic carbocycles. The number of aryl methyl sites for hydroxylation is 1. The Kier molecular flexibility index (Phi) is 4.74. The molecule has 0 saturated carbocycles. The van der Waals surface area contributed by atoms with Crippen LogP contribution in [0.1, 0.15) is 35.4 Å². The number of benzene rings is 1. The molecule has 2 aliphatic heterocycles. The highest BCUT2D eigenvalue weighted by Crippen LogP contribution is 2.32.